The molecule has 1 heterocycles. The summed E-state index contributed by atoms with van der Waals surface area (Å²) in [5.41, 5.74) is 0.318. The highest BCUT2D eigenvalue weighted by atomic mass is 31.2. The zero-order chi connectivity index (χ0) is 25.1. The van der Waals surface area contributed by atoms with Crippen LogP contribution in [0.25, 0.3) is 22.1 Å². The number of fused-ring (bicyclic) bond motifs is 1. The molecule has 0 bridgehead atoms. The van der Waals surface area contributed by atoms with Crippen LogP contribution in [-0.2, 0) is 4.57 Å². The number of rotatable bonds is 7. The number of hydrogen-bond donors (Lipinski definition) is 1. The fourth-order valence-corrected chi connectivity index (χ4v) is 5.80. The van der Waals surface area contributed by atoms with E-state index in [0.29, 0.717) is 22.1 Å². The maximum atomic E-state index is 14.6. The Labute approximate surface area is 205 Å². The molecule has 0 saturated carbocycles. The van der Waals surface area contributed by atoms with E-state index in [4.69, 9.17) is 13.5 Å². The van der Waals surface area contributed by atoms with Crippen LogP contribution in [0.5, 0.6) is 11.5 Å². The van der Waals surface area contributed by atoms with Crippen molar-refractivity contribution in [1.29, 1.82) is 0 Å². The second-order valence-electron chi connectivity index (χ2n) is 7.82. The van der Waals surface area contributed by atoms with E-state index in [1.165, 1.54) is 12.1 Å². The molecule has 4 aromatic carbocycles. The smallest absolute Gasteiger partial charge is 0.464 e. The summed E-state index contributed by atoms with van der Waals surface area (Å²) in [5.74, 6) is -0.812. The Bertz CT molecular complexity index is 1620. The van der Waals surface area contributed by atoms with E-state index in [9.17, 15) is 19.3 Å². The SMILES string of the molecule is O=C(O)c1cccc(-c2ccc3ccc(=O)oc3c2)c1P(=O)(Oc1ccccc1)Oc1ccccc1. The molecule has 7 nitrogen and oxygen atoms in total. The Morgan fingerprint density at radius 2 is 1.36 bits per heavy atom. The van der Waals surface area contributed by atoms with Gasteiger partial charge in [-0.1, -0.05) is 60.7 Å². The van der Waals surface area contributed by atoms with Gasteiger partial charge in [0.15, 0.2) is 0 Å². The fourth-order valence-electron chi connectivity index (χ4n) is 3.82. The van der Waals surface area contributed by atoms with Crippen LogP contribution >= 0.6 is 7.60 Å². The normalized spacial score (nSPS) is 11.2. The summed E-state index contributed by atoms with van der Waals surface area (Å²) in [7, 11) is -4.35. The third kappa shape index (κ3) is 4.65. The van der Waals surface area contributed by atoms with Crippen molar-refractivity contribution in [3.8, 4) is 22.6 Å². The molecule has 5 rings (SSSR count). The molecule has 0 unspecified atom stereocenters. The van der Waals surface area contributed by atoms with E-state index < -0.39 is 19.2 Å². The molecular weight excluding hydrogens is 479 g/mol. The number of aromatic carboxylic acids is 1. The van der Waals surface area contributed by atoms with Gasteiger partial charge in [0.25, 0.3) is 0 Å². The predicted octanol–water partition coefficient (Wildman–Crippen LogP) is 6.13. The van der Waals surface area contributed by atoms with E-state index in [1.807, 2.05) is 0 Å². The van der Waals surface area contributed by atoms with Gasteiger partial charge in [0.1, 0.15) is 22.4 Å². The van der Waals surface area contributed by atoms with Crippen LogP contribution in [0.4, 0.5) is 0 Å². The predicted molar refractivity (Wildman–Crippen MR) is 136 cm³/mol. The molecule has 36 heavy (non-hydrogen) atoms. The third-order valence-electron chi connectivity index (χ3n) is 5.41. The van der Waals surface area contributed by atoms with Gasteiger partial charge in [-0.05, 0) is 48.0 Å². The molecule has 0 spiro atoms. The van der Waals surface area contributed by atoms with Crippen molar-refractivity contribution in [1.82, 2.24) is 0 Å². The summed E-state index contributed by atoms with van der Waals surface area (Å²) in [5, 5.41) is 10.6. The van der Waals surface area contributed by atoms with E-state index in [1.54, 1.807) is 97.1 Å². The van der Waals surface area contributed by atoms with Gasteiger partial charge in [0.05, 0.1) is 5.56 Å². The van der Waals surface area contributed by atoms with Crippen LogP contribution in [0.3, 0.4) is 0 Å². The molecule has 0 amide bonds. The number of carbonyl (C=O) groups is 1. The van der Waals surface area contributed by atoms with Crippen molar-refractivity contribution in [3.63, 3.8) is 0 Å². The first kappa shape index (κ1) is 23.1. The average Bonchev–Trinajstić information content (AvgIpc) is 2.89. The molecule has 5 aromatic rings. The Hall–Kier alpha value is -4.61. The van der Waals surface area contributed by atoms with Gasteiger partial charge in [0.2, 0.25) is 0 Å². The highest BCUT2D eigenvalue weighted by Crippen LogP contribution is 2.50. The van der Waals surface area contributed by atoms with Crippen LogP contribution < -0.4 is 20.0 Å². The first-order valence-electron chi connectivity index (χ1n) is 10.9. The fraction of sp³-hybridized carbons (Fsp3) is 0. The van der Waals surface area contributed by atoms with E-state index >= 15 is 0 Å². The van der Waals surface area contributed by atoms with Gasteiger partial charge in [-0.25, -0.2) is 14.2 Å². The summed E-state index contributed by atoms with van der Waals surface area (Å²) in [6, 6.07) is 29.3. The number of benzene rings is 4. The number of para-hydroxylation sites is 2. The topological polar surface area (TPSA) is 103 Å². The van der Waals surface area contributed by atoms with E-state index in [0.717, 1.165) is 0 Å². The van der Waals surface area contributed by atoms with Gasteiger partial charge in [-0.2, -0.15) is 0 Å². The largest absolute Gasteiger partial charge is 0.478 e. The van der Waals surface area contributed by atoms with Gasteiger partial charge in [0, 0.05) is 17.0 Å². The van der Waals surface area contributed by atoms with Crippen LogP contribution in [0.2, 0.25) is 0 Å². The van der Waals surface area contributed by atoms with Gasteiger partial charge >= 0.3 is 19.2 Å². The maximum Gasteiger partial charge on any atom is 0.464 e. The first-order chi connectivity index (χ1) is 17.4. The monoisotopic (exact) mass is 498 g/mol. The zero-order valence-electron chi connectivity index (χ0n) is 18.7. The molecule has 8 heteroatoms. The van der Waals surface area contributed by atoms with Crippen molar-refractivity contribution >= 4 is 29.8 Å². The second kappa shape index (κ2) is 9.56. The molecular formula is C28H19O7P. The van der Waals surface area contributed by atoms with Crippen molar-refractivity contribution in [3.05, 3.63) is 125 Å². The van der Waals surface area contributed by atoms with Gasteiger partial charge < -0.3 is 18.6 Å². The molecule has 0 atom stereocenters. The van der Waals surface area contributed by atoms with E-state index in [2.05, 4.69) is 0 Å². The molecule has 0 fully saturated rings. The second-order valence-corrected chi connectivity index (χ2v) is 9.63. The lowest BCUT2D eigenvalue weighted by atomic mass is 10.0. The number of hydrogen-bond acceptors (Lipinski definition) is 6. The molecule has 0 radical (unpaired) electrons. The van der Waals surface area contributed by atoms with Gasteiger partial charge in [-0.15, -0.1) is 0 Å². The quantitative estimate of drug-likeness (QED) is 0.213. The Morgan fingerprint density at radius 1 is 0.750 bits per heavy atom. The highest BCUT2D eigenvalue weighted by Gasteiger charge is 2.39. The lowest BCUT2D eigenvalue weighted by molar-refractivity contribution is 0.0698. The van der Waals surface area contributed by atoms with Crippen LogP contribution in [-0.4, -0.2) is 11.1 Å². The lowest BCUT2D eigenvalue weighted by Crippen LogP contribution is -2.24. The molecule has 0 aliphatic rings. The van der Waals surface area contributed by atoms with Crippen LogP contribution in [0.1, 0.15) is 10.4 Å². The molecule has 0 saturated heterocycles. The standard InChI is InChI=1S/C28H19O7P/c29-26-17-16-19-14-15-20(18-25(19)33-26)23-12-7-13-24(28(30)31)27(23)36(32,34-21-8-3-1-4-9-21)35-22-10-5-2-6-11-22/h1-18H,(H,30,31). The highest BCUT2D eigenvalue weighted by molar-refractivity contribution is 7.63. The summed E-state index contributed by atoms with van der Waals surface area (Å²) < 4.78 is 31.8. The third-order valence-corrected chi connectivity index (χ3v) is 7.34. The van der Waals surface area contributed by atoms with Crippen molar-refractivity contribution in [2.45, 2.75) is 0 Å². The lowest BCUT2D eigenvalue weighted by Gasteiger charge is -2.24. The minimum atomic E-state index is -4.35. The van der Waals surface area contributed by atoms with Crippen LogP contribution in [0, 0.1) is 0 Å². The van der Waals surface area contributed by atoms with Crippen molar-refractivity contribution in [2.75, 3.05) is 0 Å². The average molecular weight is 498 g/mol. The van der Waals surface area contributed by atoms with Crippen molar-refractivity contribution < 1.29 is 27.9 Å². The summed E-state index contributed by atoms with van der Waals surface area (Å²) in [4.78, 5) is 24.1. The molecule has 1 N–H and O–H groups in total. The maximum absolute atomic E-state index is 14.6. The Kier molecular flexibility index (Phi) is 6.15. The van der Waals surface area contributed by atoms with Crippen molar-refractivity contribution in [2.24, 2.45) is 0 Å². The Balaban J connectivity index is 1.76. The zero-order valence-corrected chi connectivity index (χ0v) is 19.6. The first-order valence-corrected chi connectivity index (χ1v) is 12.5. The molecule has 178 valence electrons. The summed E-state index contributed by atoms with van der Waals surface area (Å²) in [6.07, 6.45) is 0. The summed E-state index contributed by atoms with van der Waals surface area (Å²) in [6.45, 7) is 0. The minimum Gasteiger partial charge on any atom is -0.478 e. The minimum absolute atomic E-state index is 0.122. The van der Waals surface area contributed by atoms with Crippen LogP contribution in [0.15, 0.2) is 118 Å². The number of carboxylic acids is 1. The number of carboxylic acid groups (broad SMARTS) is 1. The molecule has 0 aliphatic carbocycles. The van der Waals surface area contributed by atoms with E-state index in [-0.39, 0.29) is 22.4 Å². The molecule has 1 aromatic heterocycles. The molecule has 0 aliphatic heterocycles. The Morgan fingerprint density at radius 3 is 1.97 bits per heavy atom. The summed E-state index contributed by atoms with van der Waals surface area (Å²) >= 11 is 0. The van der Waals surface area contributed by atoms with Gasteiger partial charge in [-0.3, -0.25) is 0 Å².